The molecular formula is C15H20N4O2. The highest BCUT2D eigenvalue weighted by Crippen LogP contribution is 2.14. The van der Waals surface area contributed by atoms with Crippen LogP contribution in [0.15, 0.2) is 36.5 Å². The Kier molecular flexibility index (Phi) is 5.48. The SMILES string of the molecule is Cc1ncc(CNCCOCC(N)=O)n1-c1ccccc1. The van der Waals surface area contributed by atoms with E-state index < -0.39 is 5.91 Å². The Bertz CT molecular complexity index is 581. The van der Waals surface area contributed by atoms with Gasteiger partial charge in [0.1, 0.15) is 12.4 Å². The van der Waals surface area contributed by atoms with Gasteiger partial charge in [-0.2, -0.15) is 0 Å². The van der Waals surface area contributed by atoms with Crippen molar-refractivity contribution in [1.29, 1.82) is 0 Å². The number of ether oxygens (including phenoxy) is 1. The van der Waals surface area contributed by atoms with E-state index in [0.29, 0.717) is 19.7 Å². The zero-order valence-corrected chi connectivity index (χ0v) is 12.1. The van der Waals surface area contributed by atoms with E-state index in [2.05, 4.69) is 14.9 Å². The molecule has 0 saturated carbocycles. The van der Waals surface area contributed by atoms with Crippen molar-refractivity contribution in [3.05, 3.63) is 48.0 Å². The summed E-state index contributed by atoms with van der Waals surface area (Å²) in [5, 5.41) is 3.26. The van der Waals surface area contributed by atoms with Gasteiger partial charge in [0.15, 0.2) is 0 Å². The lowest BCUT2D eigenvalue weighted by Gasteiger charge is -2.11. The first-order valence-corrected chi connectivity index (χ1v) is 6.84. The Balaban J connectivity index is 1.89. The van der Waals surface area contributed by atoms with Crippen LogP contribution in [-0.2, 0) is 16.1 Å². The van der Waals surface area contributed by atoms with Crippen LogP contribution in [-0.4, -0.2) is 35.2 Å². The van der Waals surface area contributed by atoms with Crippen molar-refractivity contribution in [2.45, 2.75) is 13.5 Å². The number of hydrogen-bond donors (Lipinski definition) is 2. The maximum absolute atomic E-state index is 10.5. The number of nitrogens with zero attached hydrogens (tertiary/aromatic N) is 2. The summed E-state index contributed by atoms with van der Waals surface area (Å²) in [6.45, 7) is 3.71. The summed E-state index contributed by atoms with van der Waals surface area (Å²) in [6.07, 6.45) is 1.86. The third-order valence-electron chi connectivity index (χ3n) is 3.00. The maximum Gasteiger partial charge on any atom is 0.243 e. The van der Waals surface area contributed by atoms with Gasteiger partial charge in [0.2, 0.25) is 5.91 Å². The molecule has 0 unspecified atom stereocenters. The van der Waals surface area contributed by atoms with Gasteiger partial charge in [-0.25, -0.2) is 4.98 Å². The van der Waals surface area contributed by atoms with Gasteiger partial charge >= 0.3 is 0 Å². The Labute approximate surface area is 123 Å². The number of primary amides is 1. The van der Waals surface area contributed by atoms with Crippen molar-refractivity contribution < 1.29 is 9.53 Å². The third kappa shape index (κ3) is 4.40. The average molecular weight is 288 g/mol. The second kappa shape index (κ2) is 7.56. The van der Waals surface area contributed by atoms with Crippen LogP contribution >= 0.6 is 0 Å². The number of nitrogens with one attached hydrogen (secondary N) is 1. The Morgan fingerprint density at radius 1 is 1.38 bits per heavy atom. The molecular weight excluding hydrogens is 268 g/mol. The molecule has 0 saturated heterocycles. The van der Waals surface area contributed by atoms with Crippen molar-refractivity contribution >= 4 is 5.91 Å². The lowest BCUT2D eigenvalue weighted by atomic mass is 10.3. The zero-order chi connectivity index (χ0) is 15.1. The van der Waals surface area contributed by atoms with Gasteiger partial charge in [0, 0.05) is 18.8 Å². The molecule has 0 aliphatic rings. The molecule has 112 valence electrons. The Morgan fingerprint density at radius 2 is 2.14 bits per heavy atom. The van der Waals surface area contributed by atoms with Crippen molar-refractivity contribution in [3.8, 4) is 5.69 Å². The summed E-state index contributed by atoms with van der Waals surface area (Å²) in [5.41, 5.74) is 7.16. The quantitative estimate of drug-likeness (QED) is 0.703. The van der Waals surface area contributed by atoms with Gasteiger partial charge in [-0.05, 0) is 19.1 Å². The van der Waals surface area contributed by atoms with Crippen LogP contribution < -0.4 is 11.1 Å². The van der Waals surface area contributed by atoms with Crippen LogP contribution in [0.5, 0.6) is 0 Å². The molecule has 3 N–H and O–H groups in total. The van der Waals surface area contributed by atoms with E-state index in [1.807, 2.05) is 43.5 Å². The number of para-hydroxylation sites is 1. The summed E-state index contributed by atoms with van der Waals surface area (Å²) in [6, 6.07) is 10.1. The second-order valence-electron chi connectivity index (χ2n) is 4.66. The van der Waals surface area contributed by atoms with Gasteiger partial charge < -0.3 is 15.8 Å². The third-order valence-corrected chi connectivity index (χ3v) is 3.00. The van der Waals surface area contributed by atoms with Crippen LogP contribution in [0.2, 0.25) is 0 Å². The Hall–Kier alpha value is -2.18. The minimum Gasteiger partial charge on any atom is -0.370 e. The second-order valence-corrected chi connectivity index (χ2v) is 4.66. The smallest absolute Gasteiger partial charge is 0.243 e. The molecule has 1 amide bonds. The summed E-state index contributed by atoms with van der Waals surface area (Å²) in [5.74, 6) is 0.496. The highest BCUT2D eigenvalue weighted by Gasteiger charge is 2.07. The maximum atomic E-state index is 10.5. The van der Waals surface area contributed by atoms with E-state index in [4.69, 9.17) is 10.5 Å². The fourth-order valence-corrected chi connectivity index (χ4v) is 2.08. The largest absolute Gasteiger partial charge is 0.370 e. The predicted octanol–water partition coefficient (Wildman–Crippen LogP) is 0.772. The molecule has 6 nitrogen and oxygen atoms in total. The number of amides is 1. The molecule has 0 spiro atoms. The van der Waals surface area contributed by atoms with Crippen LogP contribution in [0.4, 0.5) is 0 Å². The van der Waals surface area contributed by atoms with E-state index in [-0.39, 0.29) is 6.61 Å². The number of carbonyl (C=O) groups is 1. The van der Waals surface area contributed by atoms with Crippen LogP contribution in [0.1, 0.15) is 11.5 Å². The van der Waals surface area contributed by atoms with E-state index >= 15 is 0 Å². The fourth-order valence-electron chi connectivity index (χ4n) is 2.08. The number of benzene rings is 1. The summed E-state index contributed by atoms with van der Waals surface area (Å²) >= 11 is 0. The topological polar surface area (TPSA) is 82.2 Å². The first-order valence-electron chi connectivity index (χ1n) is 6.84. The fraction of sp³-hybridized carbons (Fsp3) is 0.333. The molecule has 21 heavy (non-hydrogen) atoms. The molecule has 6 heteroatoms. The Morgan fingerprint density at radius 3 is 2.86 bits per heavy atom. The van der Waals surface area contributed by atoms with Gasteiger partial charge in [-0.15, -0.1) is 0 Å². The first-order chi connectivity index (χ1) is 10.2. The van der Waals surface area contributed by atoms with Gasteiger partial charge in [-0.3, -0.25) is 9.36 Å². The van der Waals surface area contributed by atoms with Crippen LogP contribution in [0, 0.1) is 6.92 Å². The zero-order valence-electron chi connectivity index (χ0n) is 12.1. The van der Waals surface area contributed by atoms with Gasteiger partial charge in [0.05, 0.1) is 18.5 Å². The first kappa shape index (κ1) is 15.2. The normalized spacial score (nSPS) is 10.7. The monoisotopic (exact) mass is 288 g/mol. The van der Waals surface area contributed by atoms with Crippen molar-refractivity contribution in [3.63, 3.8) is 0 Å². The molecule has 1 aromatic carbocycles. The van der Waals surface area contributed by atoms with Gasteiger partial charge in [0.25, 0.3) is 0 Å². The number of hydrogen-bond acceptors (Lipinski definition) is 4. The minimum absolute atomic E-state index is 0.0390. The molecule has 0 aliphatic heterocycles. The number of nitrogens with two attached hydrogens (primary N) is 1. The number of rotatable bonds is 8. The molecule has 0 atom stereocenters. The lowest BCUT2D eigenvalue weighted by molar-refractivity contribution is -0.122. The highest BCUT2D eigenvalue weighted by molar-refractivity contribution is 5.74. The standard InChI is InChI=1S/C15H20N4O2/c1-12-18-10-14(9-17-7-8-21-11-15(16)20)19(12)13-5-3-2-4-6-13/h2-6,10,17H,7-9,11H2,1H3,(H2,16,20). The molecule has 1 heterocycles. The summed E-state index contributed by atoms with van der Waals surface area (Å²) in [4.78, 5) is 14.9. The highest BCUT2D eigenvalue weighted by atomic mass is 16.5. The van der Waals surface area contributed by atoms with E-state index in [9.17, 15) is 4.79 Å². The number of aryl methyl sites for hydroxylation is 1. The van der Waals surface area contributed by atoms with E-state index in [0.717, 1.165) is 17.2 Å². The van der Waals surface area contributed by atoms with Gasteiger partial charge in [-0.1, -0.05) is 18.2 Å². The van der Waals surface area contributed by atoms with Crippen molar-refractivity contribution in [2.75, 3.05) is 19.8 Å². The molecule has 0 bridgehead atoms. The molecule has 0 fully saturated rings. The summed E-state index contributed by atoms with van der Waals surface area (Å²) in [7, 11) is 0. The molecule has 0 radical (unpaired) electrons. The molecule has 2 aromatic rings. The predicted molar refractivity (Wildman–Crippen MR) is 80.0 cm³/mol. The van der Waals surface area contributed by atoms with Crippen LogP contribution in [0.25, 0.3) is 5.69 Å². The number of imidazole rings is 1. The van der Waals surface area contributed by atoms with E-state index in [1.54, 1.807) is 0 Å². The summed E-state index contributed by atoms with van der Waals surface area (Å²) < 4.78 is 7.20. The van der Waals surface area contributed by atoms with Crippen LogP contribution in [0.3, 0.4) is 0 Å². The number of carbonyl (C=O) groups excluding carboxylic acids is 1. The molecule has 0 aliphatic carbocycles. The number of aromatic nitrogens is 2. The molecule has 2 rings (SSSR count). The minimum atomic E-state index is -0.451. The van der Waals surface area contributed by atoms with Crippen molar-refractivity contribution in [1.82, 2.24) is 14.9 Å². The lowest BCUT2D eigenvalue weighted by Crippen LogP contribution is -2.24. The van der Waals surface area contributed by atoms with Crippen molar-refractivity contribution in [2.24, 2.45) is 5.73 Å². The molecule has 1 aromatic heterocycles. The van der Waals surface area contributed by atoms with E-state index in [1.165, 1.54) is 0 Å². The average Bonchev–Trinajstić information content (AvgIpc) is 2.84.